The first kappa shape index (κ1) is 27.7. The van der Waals surface area contributed by atoms with Gasteiger partial charge >= 0.3 is 5.97 Å². The molecule has 218 valence electrons. The van der Waals surface area contributed by atoms with Crippen LogP contribution in [0.1, 0.15) is 58.5 Å². The Morgan fingerprint density at radius 1 is 0.976 bits per heavy atom. The highest BCUT2D eigenvalue weighted by Gasteiger charge is 2.36. The minimum atomic E-state index is -0.285. The summed E-state index contributed by atoms with van der Waals surface area (Å²) in [7, 11) is 0. The average molecular weight is 570 g/mol. The largest absolute Gasteiger partial charge is 0.466 e. The SMILES string of the molecule is CCOC(=O)C1CCN(C(=O)c2ccc(N3CC4CC(C3)c3cccc(=O)n3C4)c(NC(=O)c3ccncc3)c2)CC1. The van der Waals surface area contributed by atoms with Gasteiger partial charge in [0.25, 0.3) is 17.4 Å². The van der Waals surface area contributed by atoms with E-state index in [1.807, 2.05) is 28.8 Å². The van der Waals surface area contributed by atoms with Crippen LogP contribution in [0.3, 0.4) is 0 Å². The fourth-order valence-corrected chi connectivity index (χ4v) is 6.60. The molecule has 3 aliphatic rings. The monoisotopic (exact) mass is 569 g/mol. The van der Waals surface area contributed by atoms with Crippen molar-refractivity contribution in [3.63, 3.8) is 0 Å². The predicted octanol–water partition coefficient (Wildman–Crippen LogP) is 3.53. The minimum absolute atomic E-state index is 0.0371. The van der Waals surface area contributed by atoms with Gasteiger partial charge in [-0.25, -0.2) is 0 Å². The standard InChI is InChI=1S/C32H35N5O5/c1-2-42-32(41)23-10-14-35(15-11-23)31(40)24-6-7-28(26(17-24)34-30(39)22-8-12-33-13-9-22)36-18-21-16-25(20-36)27-4-3-5-29(38)37(27)19-21/h3-9,12-13,17,21,23,25H,2,10-11,14-16,18-20H2,1H3,(H,34,39). The van der Waals surface area contributed by atoms with Crippen LogP contribution in [0.2, 0.25) is 0 Å². The van der Waals surface area contributed by atoms with Crippen LogP contribution in [0.25, 0.3) is 0 Å². The molecule has 2 bridgehead atoms. The molecule has 0 spiro atoms. The highest BCUT2D eigenvalue weighted by Crippen LogP contribution is 2.39. The number of pyridine rings is 2. The fraction of sp³-hybridized carbons (Fsp3) is 0.406. The van der Waals surface area contributed by atoms with Gasteiger partial charge in [0.15, 0.2) is 0 Å². The number of carbonyl (C=O) groups excluding carboxylic acids is 3. The van der Waals surface area contributed by atoms with Gasteiger partial charge in [-0.3, -0.25) is 24.2 Å². The molecule has 10 heteroatoms. The molecule has 10 nitrogen and oxygen atoms in total. The Morgan fingerprint density at radius 3 is 2.52 bits per heavy atom. The Bertz CT molecular complexity index is 1550. The summed E-state index contributed by atoms with van der Waals surface area (Å²) in [6, 6.07) is 14.3. The van der Waals surface area contributed by atoms with E-state index < -0.39 is 0 Å². The van der Waals surface area contributed by atoms with Crippen LogP contribution in [-0.4, -0.2) is 65.0 Å². The van der Waals surface area contributed by atoms with Gasteiger partial charge in [0.2, 0.25) is 0 Å². The lowest BCUT2D eigenvalue weighted by molar-refractivity contribution is -0.149. The number of hydrogen-bond acceptors (Lipinski definition) is 7. The number of piperidine rings is 2. The zero-order valence-corrected chi connectivity index (χ0v) is 23.7. The maximum Gasteiger partial charge on any atom is 0.309 e. The number of benzene rings is 1. The molecule has 3 aromatic rings. The summed E-state index contributed by atoms with van der Waals surface area (Å²) >= 11 is 0. The van der Waals surface area contributed by atoms with Gasteiger partial charge in [-0.05, 0) is 68.5 Å². The number of rotatable bonds is 6. The summed E-state index contributed by atoms with van der Waals surface area (Å²) in [4.78, 5) is 59.5. The van der Waals surface area contributed by atoms with Gasteiger partial charge in [-0.15, -0.1) is 0 Å². The Labute approximate surface area is 244 Å². The van der Waals surface area contributed by atoms with Crippen molar-refractivity contribution in [3.05, 3.63) is 88.1 Å². The molecule has 0 aliphatic carbocycles. The first-order valence-corrected chi connectivity index (χ1v) is 14.7. The lowest BCUT2D eigenvalue weighted by Crippen LogP contribution is -2.47. The highest BCUT2D eigenvalue weighted by molar-refractivity contribution is 6.07. The number of anilines is 2. The van der Waals surface area contributed by atoms with Gasteiger partial charge in [0, 0.05) is 73.9 Å². The summed E-state index contributed by atoms with van der Waals surface area (Å²) in [5.41, 5.74) is 3.44. The van der Waals surface area contributed by atoms with Crippen LogP contribution < -0.4 is 15.8 Å². The third-order valence-electron chi connectivity index (χ3n) is 8.66. The number of esters is 1. The Morgan fingerprint density at radius 2 is 1.76 bits per heavy atom. The number of nitrogens with zero attached hydrogens (tertiary/aromatic N) is 4. The summed E-state index contributed by atoms with van der Waals surface area (Å²) in [5, 5.41) is 3.06. The van der Waals surface area contributed by atoms with Crippen LogP contribution in [-0.2, 0) is 16.1 Å². The van der Waals surface area contributed by atoms with Crippen molar-refractivity contribution in [2.24, 2.45) is 11.8 Å². The van der Waals surface area contributed by atoms with E-state index in [0.29, 0.717) is 68.4 Å². The quantitative estimate of drug-likeness (QED) is 0.452. The predicted molar refractivity (Wildman–Crippen MR) is 158 cm³/mol. The van der Waals surface area contributed by atoms with E-state index in [0.717, 1.165) is 24.3 Å². The molecule has 1 N–H and O–H groups in total. The van der Waals surface area contributed by atoms with Gasteiger partial charge in [-0.1, -0.05) is 6.07 Å². The third kappa shape index (κ3) is 5.53. The molecule has 5 heterocycles. The summed E-state index contributed by atoms with van der Waals surface area (Å²) in [5.74, 6) is -0.320. The molecule has 42 heavy (non-hydrogen) atoms. The van der Waals surface area contributed by atoms with Crippen molar-refractivity contribution >= 4 is 29.2 Å². The van der Waals surface area contributed by atoms with E-state index in [1.165, 1.54) is 0 Å². The van der Waals surface area contributed by atoms with Gasteiger partial charge in [-0.2, -0.15) is 0 Å². The highest BCUT2D eigenvalue weighted by atomic mass is 16.5. The van der Waals surface area contributed by atoms with E-state index in [1.54, 1.807) is 48.5 Å². The molecule has 2 atom stereocenters. The zero-order chi connectivity index (χ0) is 29.2. The molecule has 1 aromatic carbocycles. The molecular weight excluding hydrogens is 534 g/mol. The Hall–Kier alpha value is -4.47. The molecule has 0 radical (unpaired) electrons. The van der Waals surface area contributed by atoms with E-state index in [9.17, 15) is 19.2 Å². The number of ether oxygens (including phenoxy) is 1. The molecule has 2 amide bonds. The zero-order valence-electron chi connectivity index (χ0n) is 23.7. The number of fused-ring (bicyclic) bond motifs is 4. The van der Waals surface area contributed by atoms with Crippen LogP contribution >= 0.6 is 0 Å². The smallest absolute Gasteiger partial charge is 0.309 e. The summed E-state index contributed by atoms with van der Waals surface area (Å²) in [6.07, 6.45) is 5.28. The second-order valence-electron chi connectivity index (χ2n) is 11.3. The van der Waals surface area contributed by atoms with Crippen LogP contribution in [0.15, 0.2) is 65.7 Å². The number of hydrogen-bond donors (Lipinski definition) is 1. The van der Waals surface area contributed by atoms with E-state index in [2.05, 4.69) is 15.2 Å². The second kappa shape index (κ2) is 11.8. The van der Waals surface area contributed by atoms with Crippen molar-refractivity contribution in [2.45, 2.75) is 38.6 Å². The first-order valence-electron chi connectivity index (χ1n) is 14.7. The Balaban J connectivity index is 1.27. The third-order valence-corrected chi connectivity index (χ3v) is 8.66. The minimum Gasteiger partial charge on any atom is -0.466 e. The molecule has 2 unspecified atom stereocenters. The fourth-order valence-electron chi connectivity index (χ4n) is 6.60. The molecule has 0 saturated carbocycles. The van der Waals surface area contributed by atoms with Gasteiger partial charge < -0.3 is 24.4 Å². The van der Waals surface area contributed by atoms with Crippen LogP contribution in [0.5, 0.6) is 0 Å². The van der Waals surface area contributed by atoms with Crippen LogP contribution in [0.4, 0.5) is 11.4 Å². The molecular formula is C32H35N5O5. The molecule has 2 saturated heterocycles. The van der Waals surface area contributed by atoms with E-state index in [-0.39, 0.29) is 35.2 Å². The Kier molecular flexibility index (Phi) is 7.78. The van der Waals surface area contributed by atoms with Crippen molar-refractivity contribution in [3.8, 4) is 0 Å². The topological polar surface area (TPSA) is 114 Å². The van der Waals surface area contributed by atoms with Gasteiger partial charge in [0.05, 0.1) is 23.9 Å². The molecule has 3 aliphatic heterocycles. The number of likely N-dealkylation sites (tertiary alicyclic amines) is 1. The van der Waals surface area contributed by atoms with Gasteiger partial charge in [0.1, 0.15) is 0 Å². The van der Waals surface area contributed by atoms with E-state index in [4.69, 9.17) is 4.74 Å². The van der Waals surface area contributed by atoms with E-state index >= 15 is 0 Å². The summed E-state index contributed by atoms with van der Waals surface area (Å²) < 4.78 is 7.06. The number of carbonyl (C=O) groups is 3. The number of nitrogens with one attached hydrogen (secondary N) is 1. The number of amides is 2. The summed E-state index contributed by atoms with van der Waals surface area (Å²) in [6.45, 7) is 5.19. The van der Waals surface area contributed by atoms with Crippen LogP contribution in [0, 0.1) is 11.8 Å². The van der Waals surface area contributed by atoms with Crippen molar-refractivity contribution in [1.82, 2.24) is 14.5 Å². The van der Waals surface area contributed by atoms with Crippen molar-refractivity contribution < 1.29 is 19.1 Å². The second-order valence-corrected chi connectivity index (χ2v) is 11.3. The lowest BCUT2D eigenvalue weighted by Gasteiger charge is -2.44. The molecule has 2 aromatic heterocycles. The maximum atomic E-state index is 13.6. The van der Waals surface area contributed by atoms with Crippen molar-refractivity contribution in [2.75, 3.05) is 43.0 Å². The molecule has 6 rings (SSSR count). The normalized spacial score (nSPS) is 20.0. The first-order chi connectivity index (χ1) is 20.4. The number of aromatic nitrogens is 2. The molecule has 2 fully saturated rings. The average Bonchev–Trinajstić information content (AvgIpc) is 3.02. The lowest BCUT2D eigenvalue weighted by atomic mass is 9.83. The maximum absolute atomic E-state index is 13.6. The van der Waals surface area contributed by atoms with Crippen molar-refractivity contribution in [1.29, 1.82) is 0 Å².